The fourth-order valence-electron chi connectivity index (χ4n) is 2.86. The maximum Gasteiger partial charge on any atom is 0.404 e. The van der Waals surface area contributed by atoms with Crippen LogP contribution in [0.5, 0.6) is 0 Å². The van der Waals surface area contributed by atoms with Crippen molar-refractivity contribution in [2.24, 2.45) is 0 Å². The van der Waals surface area contributed by atoms with E-state index in [0.717, 1.165) is 17.4 Å². The van der Waals surface area contributed by atoms with Gasteiger partial charge >= 0.3 is 6.18 Å². The van der Waals surface area contributed by atoms with Gasteiger partial charge in [-0.2, -0.15) is 17.9 Å². The number of thiazole rings is 1. The van der Waals surface area contributed by atoms with Gasteiger partial charge in [0.25, 0.3) is 5.89 Å². The molecule has 0 saturated heterocycles. The van der Waals surface area contributed by atoms with Crippen LogP contribution in [0.25, 0.3) is 21.3 Å². The van der Waals surface area contributed by atoms with Gasteiger partial charge in [0.1, 0.15) is 16.5 Å². The van der Waals surface area contributed by atoms with Gasteiger partial charge in [-0.3, -0.25) is 0 Å². The summed E-state index contributed by atoms with van der Waals surface area (Å²) in [6.45, 7) is 3.53. The molecule has 9 nitrogen and oxygen atoms in total. The molecule has 2 heterocycles. The minimum Gasteiger partial charge on any atom is -0.415 e. The van der Waals surface area contributed by atoms with Crippen LogP contribution >= 0.6 is 34.5 Å². The van der Waals surface area contributed by atoms with Crippen LogP contribution in [-0.4, -0.2) is 46.0 Å². The number of aliphatic hydroxyl groups is 2. The van der Waals surface area contributed by atoms with E-state index in [9.17, 15) is 31.8 Å². The third-order valence-corrected chi connectivity index (χ3v) is 8.29. The minimum absolute atomic E-state index is 0.0450. The quantitative estimate of drug-likeness (QED) is 0.357. The molecule has 0 aliphatic carbocycles. The van der Waals surface area contributed by atoms with Gasteiger partial charge in [-0.1, -0.05) is 36.2 Å². The van der Waals surface area contributed by atoms with E-state index in [1.54, 1.807) is 4.72 Å². The second kappa shape index (κ2) is 9.92. The van der Waals surface area contributed by atoms with E-state index in [-0.39, 0.29) is 37.9 Å². The molecule has 0 unspecified atom stereocenters. The number of rotatable bonds is 8. The van der Waals surface area contributed by atoms with Crippen molar-refractivity contribution in [3.8, 4) is 21.3 Å². The number of nitrogens with zero attached hydrogens (tertiary/aromatic N) is 3. The molecule has 0 amide bonds. The highest BCUT2D eigenvalue weighted by Gasteiger charge is 2.41. The Balaban J connectivity index is 2.03. The Morgan fingerprint density at radius 1 is 1.20 bits per heavy atom. The molecule has 0 saturated carbocycles. The Morgan fingerprint density at radius 3 is 2.37 bits per heavy atom. The zero-order valence-electron chi connectivity index (χ0n) is 18.3. The van der Waals surface area contributed by atoms with Crippen LogP contribution in [0.15, 0.2) is 21.4 Å². The molecule has 0 bridgehead atoms. The lowest BCUT2D eigenvalue weighted by Crippen LogP contribution is -2.44. The van der Waals surface area contributed by atoms with Crippen LogP contribution in [0.1, 0.15) is 38.8 Å². The first-order valence-corrected chi connectivity index (χ1v) is 12.9. The predicted octanol–water partition coefficient (Wildman–Crippen LogP) is 4.51. The molecule has 3 N–H and O–H groups in total. The summed E-state index contributed by atoms with van der Waals surface area (Å²) in [4.78, 5) is 3.87. The van der Waals surface area contributed by atoms with Crippen molar-refractivity contribution in [2.75, 3.05) is 0 Å². The number of alkyl halides is 3. The number of sulfonamides is 1. The number of hydrogen-bond acceptors (Lipinski definition) is 9. The van der Waals surface area contributed by atoms with Crippen LogP contribution in [0.2, 0.25) is 10.0 Å². The second-order valence-corrected chi connectivity index (χ2v) is 11.2. The SMILES string of the molecule is CC[C@H](NS(=O)(=O)c1ccc(-c2sc(-c3nnc(C(C)(C)O)o3)nc2CO)c(Cl)c1Cl)C(F)(F)F. The Bertz CT molecular complexity index is 1340. The lowest BCUT2D eigenvalue weighted by atomic mass is 10.1. The summed E-state index contributed by atoms with van der Waals surface area (Å²) in [6.07, 6.45) is -5.33. The molecule has 35 heavy (non-hydrogen) atoms. The van der Waals surface area contributed by atoms with Gasteiger partial charge in [-0.25, -0.2) is 13.4 Å². The number of aromatic nitrogens is 3. The minimum atomic E-state index is -4.80. The average Bonchev–Trinajstić information content (AvgIpc) is 3.40. The van der Waals surface area contributed by atoms with E-state index >= 15 is 0 Å². The number of aliphatic hydroxyl groups excluding tert-OH is 1. The average molecular weight is 575 g/mol. The van der Waals surface area contributed by atoms with E-state index in [2.05, 4.69) is 15.2 Å². The van der Waals surface area contributed by atoms with Crippen LogP contribution in [0, 0.1) is 0 Å². The van der Waals surface area contributed by atoms with Gasteiger partial charge in [0, 0.05) is 5.56 Å². The van der Waals surface area contributed by atoms with Crippen LogP contribution in [0.3, 0.4) is 0 Å². The molecule has 0 aliphatic heterocycles. The van der Waals surface area contributed by atoms with Crippen molar-refractivity contribution in [1.82, 2.24) is 19.9 Å². The van der Waals surface area contributed by atoms with E-state index in [1.807, 2.05) is 0 Å². The molecule has 1 atom stereocenters. The lowest BCUT2D eigenvalue weighted by molar-refractivity contribution is -0.151. The topological polar surface area (TPSA) is 138 Å². The summed E-state index contributed by atoms with van der Waals surface area (Å²) >= 11 is 13.4. The highest BCUT2D eigenvalue weighted by Crippen LogP contribution is 2.43. The van der Waals surface area contributed by atoms with Gasteiger partial charge < -0.3 is 14.6 Å². The first-order chi connectivity index (χ1) is 16.1. The zero-order valence-corrected chi connectivity index (χ0v) is 21.5. The van der Waals surface area contributed by atoms with Crippen molar-refractivity contribution < 1.29 is 36.2 Å². The second-order valence-electron chi connectivity index (χ2n) is 7.79. The van der Waals surface area contributed by atoms with E-state index < -0.39 is 50.8 Å². The molecular weight excluding hydrogens is 556 g/mol. The van der Waals surface area contributed by atoms with E-state index in [4.69, 9.17) is 27.6 Å². The van der Waals surface area contributed by atoms with Crippen LogP contribution in [0.4, 0.5) is 13.2 Å². The van der Waals surface area contributed by atoms with Crippen LogP contribution < -0.4 is 4.72 Å². The van der Waals surface area contributed by atoms with Gasteiger partial charge in [-0.05, 0) is 26.3 Å². The summed E-state index contributed by atoms with van der Waals surface area (Å²) in [5.74, 6) is -0.112. The fraction of sp³-hybridized carbons (Fsp3) is 0.421. The molecule has 3 aromatic rings. The molecule has 0 radical (unpaired) electrons. The summed E-state index contributed by atoms with van der Waals surface area (Å²) < 4.78 is 71.5. The van der Waals surface area contributed by atoms with Gasteiger partial charge in [0.2, 0.25) is 15.9 Å². The molecule has 0 fully saturated rings. The van der Waals surface area contributed by atoms with Crippen LogP contribution in [-0.2, 0) is 22.2 Å². The summed E-state index contributed by atoms with van der Waals surface area (Å²) in [7, 11) is -4.68. The van der Waals surface area contributed by atoms with E-state index in [0.29, 0.717) is 0 Å². The summed E-state index contributed by atoms with van der Waals surface area (Å²) in [5, 5.41) is 26.8. The lowest BCUT2D eigenvalue weighted by Gasteiger charge is -2.20. The normalized spacial score (nSPS) is 13.9. The molecule has 3 rings (SSSR count). The van der Waals surface area contributed by atoms with E-state index in [1.165, 1.54) is 26.8 Å². The molecule has 1 aromatic carbocycles. The van der Waals surface area contributed by atoms with Crippen molar-refractivity contribution >= 4 is 44.6 Å². The highest BCUT2D eigenvalue weighted by atomic mass is 35.5. The number of hydrogen-bond donors (Lipinski definition) is 3. The maximum atomic E-state index is 13.1. The van der Waals surface area contributed by atoms with Gasteiger partial charge in [0.15, 0.2) is 5.01 Å². The molecular formula is C19H19Cl2F3N4O5S2. The third-order valence-electron chi connectivity index (χ3n) is 4.66. The maximum absolute atomic E-state index is 13.1. The molecule has 2 aromatic heterocycles. The Morgan fingerprint density at radius 2 is 1.86 bits per heavy atom. The Hall–Kier alpha value is -1.81. The Kier molecular flexibility index (Phi) is 7.87. The highest BCUT2D eigenvalue weighted by molar-refractivity contribution is 7.89. The smallest absolute Gasteiger partial charge is 0.404 e. The molecule has 0 spiro atoms. The largest absolute Gasteiger partial charge is 0.415 e. The zero-order chi connectivity index (χ0) is 26.3. The van der Waals surface area contributed by atoms with Gasteiger partial charge in [-0.15, -0.1) is 21.5 Å². The molecule has 0 aliphatic rings. The number of halogens is 5. The fourth-order valence-corrected chi connectivity index (χ4v) is 6.12. The predicted molar refractivity (Wildman–Crippen MR) is 122 cm³/mol. The number of benzene rings is 1. The van der Waals surface area contributed by atoms with Crippen molar-refractivity contribution in [1.29, 1.82) is 0 Å². The number of nitrogens with one attached hydrogen (secondary N) is 1. The standard InChI is InChI=1S/C19H19Cl2F3N4O5S2/c1-4-11(19(22,23)24)28-35(31,32)10-6-5-8(12(20)13(10)21)14-9(7-29)25-16(34-14)15-26-27-17(33-15)18(2,3)30/h5-6,11,28-30H,4,7H2,1-3H3/t11-/m0/s1. The first kappa shape index (κ1) is 27.8. The first-order valence-electron chi connectivity index (χ1n) is 9.84. The molecule has 192 valence electrons. The monoisotopic (exact) mass is 574 g/mol. The molecule has 16 heteroatoms. The summed E-state index contributed by atoms with van der Waals surface area (Å²) in [5.41, 5.74) is -1.10. The van der Waals surface area contributed by atoms with Crippen molar-refractivity contribution in [2.45, 2.75) is 56.5 Å². The van der Waals surface area contributed by atoms with Crippen molar-refractivity contribution in [3.63, 3.8) is 0 Å². The summed E-state index contributed by atoms with van der Waals surface area (Å²) in [6, 6.07) is -0.0615. The Labute approximate surface area is 212 Å². The van der Waals surface area contributed by atoms with Crippen molar-refractivity contribution in [3.05, 3.63) is 33.8 Å². The third kappa shape index (κ3) is 5.79. The van der Waals surface area contributed by atoms with Gasteiger partial charge in [0.05, 0.1) is 27.2 Å².